The van der Waals surface area contributed by atoms with Crippen LogP contribution in [-0.2, 0) is 7.05 Å². The molecule has 8 heteroatoms. The summed E-state index contributed by atoms with van der Waals surface area (Å²) in [6, 6.07) is 1.94. The molecule has 0 amide bonds. The summed E-state index contributed by atoms with van der Waals surface area (Å²) in [7, 11) is 5.81. The first-order chi connectivity index (χ1) is 13.5. The second kappa shape index (κ2) is 8.88. The molecule has 0 aromatic carbocycles. The van der Waals surface area contributed by atoms with Gasteiger partial charge in [-0.3, -0.25) is 9.79 Å². The minimum atomic E-state index is 0.0163. The molecule has 146 valence electrons. The van der Waals surface area contributed by atoms with Crippen LogP contribution in [0.2, 0.25) is 0 Å². The van der Waals surface area contributed by atoms with Crippen molar-refractivity contribution in [2.45, 2.75) is 0 Å². The zero-order valence-corrected chi connectivity index (χ0v) is 17.2. The second-order valence-electron chi connectivity index (χ2n) is 6.50. The number of Topliss-reactive ketones (excluding diaryl/α,β-unsaturated/α-hetero) is 1. The molecule has 2 aromatic rings. The summed E-state index contributed by atoms with van der Waals surface area (Å²) in [5.41, 5.74) is 4.84. The molecule has 7 nitrogen and oxygen atoms in total. The number of aromatic nitrogens is 2. The Morgan fingerprint density at radius 1 is 1.43 bits per heavy atom. The minimum Gasteiger partial charge on any atom is -0.377 e. The molecular formula is C20H24N6OS. The van der Waals surface area contributed by atoms with Crippen LogP contribution in [0.25, 0.3) is 11.0 Å². The number of carbonyl (C=O) groups is 1. The molecule has 0 atom stereocenters. The fourth-order valence-corrected chi connectivity index (χ4v) is 3.55. The molecule has 0 fully saturated rings. The molecule has 0 bridgehead atoms. The maximum absolute atomic E-state index is 12.9. The Labute approximate surface area is 169 Å². The third-order valence-corrected chi connectivity index (χ3v) is 4.99. The Morgan fingerprint density at radius 2 is 2.25 bits per heavy atom. The third-order valence-electron chi connectivity index (χ3n) is 4.30. The molecule has 0 N–H and O–H groups in total. The number of anilines is 1. The maximum Gasteiger partial charge on any atom is 0.201 e. The number of aliphatic imine (C=N–C) groups is 2. The Morgan fingerprint density at radius 3 is 3.00 bits per heavy atom. The highest BCUT2D eigenvalue weighted by Gasteiger charge is 2.26. The summed E-state index contributed by atoms with van der Waals surface area (Å²) in [5.74, 6) is 0.784. The second-order valence-corrected chi connectivity index (χ2v) is 7.37. The van der Waals surface area contributed by atoms with E-state index < -0.39 is 0 Å². The molecule has 0 spiro atoms. The molecule has 3 rings (SSSR count). The number of carbonyl (C=O) groups excluding carboxylic acids is 1. The van der Waals surface area contributed by atoms with E-state index >= 15 is 0 Å². The minimum absolute atomic E-state index is 0.0163. The first-order valence-corrected chi connectivity index (χ1v) is 9.94. The van der Waals surface area contributed by atoms with Crippen molar-refractivity contribution in [3.8, 4) is 0 Å². The number of nitrogens with zero attached hydrogens (tertiary/aromatic N) is 6. The number of aryl methyl sites for hydroxylation is 1. The number of thioether (sulfide) groups is 1. The van der Waals surface area contributed by atoms with Gasteiger partial charge in [-0.15, -0.1) is 18.3 Å². The van der Waals surface area contributed by atoms with Crippen LogP contribution in [0.15, 0.2) is 47.2 Å². The number of rotatable bonds is 7. The van der Waals surface area contributed by atoms with Gasteiger partial charge in [0.05, 0.1) is 36.0 Å². The highest BCUT2D eigenvalue weighted by molar-refractivity contribution is 8.12. The number of fused-ring (bicyclic) bond motifs is 3. The number of ketones is 1. The van der Waals surface area contributed by atoms with E-state index in [1.165, 1.54) is 0 Å². The lowest BCUT2D eigenvalue weighted by Crippen LogP contribution is -2.23. The summed E-state index contributed by atoms with van der Waals surface area (Å²) in [6.45, 7) is 4.49. The van der Waals surface area contributed by atoms with Gasteiger partial charge < -0.3 is 14.4 Å². The largest absolute Gasteiger partial charge is 0.377 e. The van der Waals surface area contributed by atoms with E-state index in [2.05, 4.69) is 21.5 Å². The van der Waals surface area contributed by atoms with E-state index in [-0.39, 0.29) is 12.3 Å². The van der Waals surface area contributed by atoms with Crippen LogP contribution in [0, 0.1) is 0 Å². The number of hydrogen-bond acceptors (Lipinski definition) is 7. The van der Waals surface area contributed by atoms with Crippen LogP contribution in [0.1, 0.15) is 10.5 Å². The van der Waals surface area contributed by atoms with Crippen LogP contribution < -0.4 is 4.90 Å². The molecule has 0 saturated heterocycles. The summed E-state index contributed by atoms with van der Waals surface area (Å²) in [5, 5.41) is 0.898. The van der Waals surface area contributed by atoms with Gasteiger partial charge in [-0.2, -0.15) is 0 Å². The fraction of sp³-hybridized carbons (Fsp3) is 0.300. The van der Waals surface area contributed by atoms with Crippen molar-refractivity contribution in [1.29, 1.82) is 0 Å². The van der Waals surface area contributed by atoms with Gasteiger partial charge in [-0.1, -0.05) is 12.2 Å². The zero-order valence-electron chi connectivity index (χ0n) is 16.4. The fourth-order valence-electron chi connectivity index (χ4n) is 3.07. The molecule has 2 aromatic heterocycles. The van der Waals surface area contributed by atoms with Crippen molar-refractivity contribution >= 4 is 51.8 Å². The normalized spacial score (nSPS) is 14.2. The zero-order chi connectivity index (χ0) is 20.1. The molecule has 0 radical (unpaired) electrons. The first-order valence-electron chi connectivity index (χ1n) is 8.90. The molecule has 1 aliphatic heterocycles. The third kappa shape index (κ3) is 4.01. The van der Waals surface area contributed by atoms with Gasteiger partial charge in [0.15, 0.2) is 0 Å². The van der Waals surface area contributed by atoms with Crippen LogP contribution in [0.5, 0.6) is 0 Å². The van der Waals surface area contributed by atoms with Crippen molar-refractivity contribution in [1.82, 2.24) is 14.5 Å². The standard InChI is InChI=1S/C20H24N6OS/c1-5-8-21-14-28-11-6-10-26-12-16(27)19-18(23-13-26)17-15(24(2)3)7-9-22-20(17)25(19)4/h5-7,9-10,13-14H,1,8,11-12H2,2-4H3/b10-6+,21-14?. The predicted molar refractivity (Wildman–Crippen MR) is 119 cm³/mol. The van der Waals surface area contributed by atoms with E-state index in [1.54, 1.807) is 35.3 Å². The lowest BCUT2D eigenvalue weighted by Gasteiger charge is -2.14. The predicted octanol–water partition coefficient (Wildman–Crippen LogP) is 3.26. The average Bonchev–Trinajstić information content (AvgIpc) is 2.85. The van der Waals surface area contributed by atoms with Crippen molar-refractivity contribution in [3.63, 3.8) is 0 Å². The van der Waals surface area contributed by atoms with Crippen LogP contribution in [-0.4, -0.2) is 65.1 Å². The van der Waals surface area contributed by atoms with Gasteiger partial charge >= 0.3 is 0 Å². The van der Waals surface area contributed by atoms with Crippen LogP contribution in [0.3, 0.4) is 0 Å². The van der Waals surface area contributed by atoms with Gasteiger partial charge in [-0.25, -0.2) is 9.98 Å². The summed E-state index contributed by atoms with van der Waals surface area (Å²) < 4.78 is 1.84. The van der Waals surface area contributed by atoms with E-state index in [0.717, 1.165) is 22.5 Å². The molecule has 3 heterocycles. The number of hydrogen-bond donors (Lipinski definition) is 0. The van der Waals surface area contributed by atoms with E-state index in [4.69, 9.17) is 0 Å². The van der Waals surface area contributed by atoms with E-state index in [1.807, 2.05) is 54.5 Å². The van der Waals surface area contributed by atoms with Gasteiger partial charge in [0.1, 0.15) is 17.0 Å². The van der Waals surface area contributed by atoms with Gasteiger partial charge in [0.25, 0.3) is 0 Å². The molecular weight excluding hydrogens is 372 g/mol. The smallest absolute Gasteiger partial charge is 0.201 e. The van der Waals surface area contributed by atoms with Crippen LogP contribution in [0.4, 0.5) is 11.4 Å². The van der Waals surface area contributed by atoms with Crippen molar-refractivity contribution in [2.75, 3.05) is 37.8 Å². The topological polar surface area (TPSA) is 66.1 Å². The molecule has 1 aliphatic rings. The van der Waals surface area contributed by atoms with Gasteiger partial charge in [0.2, 0.25) is 5.78 Å². The van der Waals surface area contributed by atoms with Gasteiger partial charge in [0, 0.05) is 39.3 Å². The lowest BCUT2D eigenvalue weighted by atomic mass is 10.2. The van der Waals surface area contributed by atoms with E-state index in [9.17, 15) is 4.79 Å². The maximum atomic E-state index is 12.9. The van der Waals surface area contributed by atoms with Crippen molar-refractivity contribution in [3.05, 3.63) is 42.9 Å². The van der Waals surface area contributed by atoms with E-state index in [0.29, 0.717) is 17.9 Å². The quantitative estimate of drug-likeness (QED) is 0.311. The Bertz CT molecular complexity index is 973. The molecule has 0 unspecified atom stereocenters. The first kappa shape index (κ1) is 19.9. The molecule has 0 aliphatic carbocycles. The highest BCUT2D eigenvalue weighted by Crippen LogP contribution is 2.38. The Hall–Kier alpha value is -2.87. The SMILES string of the molecule is C=CCN=CSC/C=C/N1C=Nc2c(n(C)c3nccc(N(C)C)c23)C(=O)C1. The average molecular weight is 397 g/mol. The Kier molecular flexibility index (Phi) is 6.30. The molecule has 28 heavy (non-hydrogen) atoms. The highest BCUT2D eigenvalue weighted by atomic mass is 32.2. The number of pyridine rings is 1. The van der Waals surface area contributed by atoms with Crippen LogP contribution >= 0.6 is 11.8 Å². The van der Waals surface area contributed by atoms with Crippen molar-refractivity contribution in [2.24, 2.45) is 17.0 Å². The molecule has 0 saturated carbocycles. The monoisotopic (exact) mass is 396 g/mol. The van der Waals surface area contributed by atoms with Crippen molar-refractivity contribution < 1.29 is 4.79 Å². The summed E-state index contributed by atoms with van der Waals surface area (Å²) >= 11 is 1.59. The Balaban J connectivity index is 1.86. The summed E-state index contributed by atoms with van der Waals surface area (Å²) in [4.78, 5) is 30.0. The summed E-state index contributed by atoms with van der Waals surface area (Å²) in [6.07, 6.45) is 9.10. The lowest BCUT2D eigenvalue weighted by molar-refractivity contribution is 0.0970. The van der Waals surface area contributed by atoms with Gasteiger partial charge in [-0.05, 0) is 6.07 Å².